The van der Waals surface area contributed by atoms with E-state index in [0.717, 1.165) is 5.56 Å². The molecule has 13 heavy (non-hydrogen) atoms. The van der Waals surface area contributed by atoms with E-state index in [4.69, 9.17) is 16.7 Å². The lowest BCUT2D eigenvalue weighted by Gasteiger charge is -2.02. The second kappa shape index (κ2) is 2.74. The molecule has 0 radical (unpaired) electrons. The Morgan fingerprint density at radius 3 is 2.54 bits per heavy atom. The monoisotopic (exact) mass is 196 g/mol. The topological polar surface area (TPSA) is 37.3 Å². The molecule has 1 aliphatic rings. The highest BCUT2D eigenvalue weighted by atomic mass is 35.5. The molecule has 2 nitrogen and oxygen atoms in total. The molecule has 1 fully saturated rings. The summed E-state index contributed by atoms with van der Waals surface area (Å²) in [5, 5.41) is 8.81. The summed E-state index contributed by atoms with van der Waals surface area (Å²) in [4.78, 5) is 9.69. The van der Waals surface area contributed by atoms with Gasteiger partial charge in [0.05, 0.1) is 0 Å². The zero-order valence-electron chi connectivity index (χ0n) is 6.90. The average molecular weight is 197 g/mol. The van der Waals surface area contributed by atoms with E-state index in [9.17, 15) is 4.79 Å². The molecule has 0 aliphatic heterocycles. The van der Waals surface area contributed by atoms with Crippen molar-refractivity contribution in [2.24, 2.45) is 0 Å². The van der Waals surface area contributed by atoms with Crippen LogP contribution in [-0.2, 0) is 4.79 Å². The molecule has 1 aliphatic carbocycles. The first-order valence-corrected chi connectivity index (χ1v) is 4.49. The van der Waals surface area contributed by atoms with Gasteiger partial charge in [-0.1, -0.05) is 30.3 Å². The summed E-state index contributed by atoms with van der Waals surface area (Å²) in [7, 11) is 0. The minimum Gasteiger partial charge on any atom is -0.480 e. The molecule has 1 aromatic rings. The second-order valence-electron chi connectivity index (χ2n) is 3.34. The summed E-state index contributed by atoms with van der Waals surface area (Å²) in [6.45, 7) is 0. The molecule has 0 spiro atoms. The Labute approximate surface area is 81.1 Å². The van der Waals surface area contributed by atoms with Gasteiger partial charge in [0.1, 0.15) is 4.87 Å². The van der Waals surface area contributed by atoms with Crippen LogP contribution >= 0.6 is 11.6 Å². The molecule has 0 heterocycles. The quantitative estimate of drug-likeness (QED) is 0.737. The Hall–Kier alpha value is -1.02. The van der Waals surface area contributed by atoms with Crippen LogP contribution in [0, 0.1) is 0 Å². The van der Waals surface area contributed by atoms with Gasteiger partial charge < -0.3 is 5.11 Å². The third kappa shape index (κ3) is 1.31. The molecule has 0 amide bonds. The molecule has 1 aromatic carbocycles. The molecule has 2 rings (SSSR count). The maximum Gasteiger partial charge on any atom is 0.325 e. The zero-order chi connectivity index (χ0) is 9.47. The maximum absolute atomic E-state index is 10.7. The number of hydrogen-bond acceptors (Lipinski definition) is 1. The van der Waals surface area contributed by atoms with Crippen molar-refractivity contribution in [3.05, 3.63) is 35.9 Å². The normalized spacial score (nSPS) is 31.3. The van der Waals surface area contributed by atoms with E-state index in [1.165, 1.54) is 0 Å². The Kier molecular flexibility index (Phi) is 1.81. The van der Waals surface area contributed by atoms with Gasteiger partial charge in [-0.2, -0.15) is 0 Å². The minimum absolute atomic E-state index is 0.0205. The third-order valence-corrected chi connectivity index (χ3v) is 3.03. The van der Waals surface area contributed by atoms with Crippen molar-refractivity contribution in [2.45, 2.75) is 17.2 Å². The summed E-state index contributed by atoms with van der Waals surface area (Å²) in [5.41, 5.74) is 1.01. The Morgan fingerprint density at radius 2 is 2.08 bits per heavy atom. The summed E-state index contributed by atoms with van der Waals surface area (Å²) in [5.74, 6) is -0.934. The van der Waals surface area contributed by atoms with E-state index in [2.05, 4.69) is 0 Å². The number of carboxylic acids is 1. The standard InChI is InChI=1S/C10H9ClO2/c11-10(9(12)13)6-8(10)7-4-2-1-3-5-7/h1-5,8H,6H2,(H,12,13)/t8-,10-/m1/s1. The highest BCUT2D eigenvalue weighted by molar-refractivity contribution is 6.37. The van der Waals surface area contributed by atoms with Crippen LogP contribution in [-0.4, -0.2) is 16.0 Å². The van der Waals surface area contributed by atoms with Crippen LogP contribution in [0.1, 0.15) is 17.9 Å². The number of halogens is 1. The minimum atomic E-state index is -1.04. The molecule has 2 atom stereocenters. The van der Waals surface area contributed by atoms with E-state index in [-0.39, 0.29) is 5.92 Å². The third-order valence-electron chi connectivity index (χ3n) is 2.45. The van der Waals surface area contributed by atoms with Crippen molar-refractivity contribution >= 4 is 17.6 Å². The van der Waals surface area contributed by atoms with Crippen LogP contribution in [0.2, 0.25) is 0 Å². The van der Waals surface area contributed by atoms with Crippen LogP contribution in [0.15, 0.2) is 30.3 Å². The van der Waals surface area contributed by atoms with E-state index >= 15 is 0 Å². The average Bonchev–Trinajstić information content (AvgIpc) is 2.81. The molecule has 0 aromatic heterocycles. The lowest BCUT2D eigenvalue weighted by atomic mass is 10.1. The first kappa shape index (κ1) is 8.57. The van der Waals surface area contributed by atoms with Crippen molar-refractivity contribution < 1.29 is 9.90 Å². The molecule has 68 valence electrons. The van der Waals surface area contributed by atoms with E-state index in [1.807, 2.05) is 30.3 Å². The molecule has 0 saturated heterocycles. The van der Waals surface area contributed by atoms with Gasteiger partial charge in [-0.25, -0.2) is 0 Å². The smallest absolute Gasteiger partial charge is 0.325 e. The lowest BCUT2D eigenvalue weighted by molar-refractivity contribution is -0.137. The van der Waals surface area contributed by atoms with Gasteiger partial charge in [0.2, 0.25) is 0 Å². The Balaban J connectivity index is 2.21. The van der Waals surface area contributed by atoms with Crippen molar-refractivity contribution in [1.82, 2.24) is 0 Å². The number of alkyl halides is 1. The van der Waals surface area contributed by atoms with Gasteiger partial charge in [0.15, 0.2) is 0 Å². The van der Waals surface area contributed by atoms with E-state index in [1.54, 1.807) is 0 Å². The Bertz CT molecular complexity index is 336. The van der Waals surface area contributed by atoms with Crippen molar-refractivity contribution in [1.29, 1.82) is 0 Å². The van der Waals surface area contributed by atoms with Crippen molar-refractivity contribution in [2.75, 3.05) is 0 Å². The first-order valence-electron chi connectivity index (χ1n) is 4.12. The fourth-order valence-corrected chi connectivity index (χ4v) is 1.82. The maximum atomic E-state index is 10.7. The highest BCUT2D eigenvalue weighted by Crippen LogP contribution is 2.56. The molecule has 1 saturated carbocycles. The lowest BCUT2D eigenvalue weighted by Crippen LogP contribution is -2.16. The Morgan fingerprint density at radius 1 is 1.46 bits per heavy atom. The van der Waals surface area contributed by atoms with Crippen LogP contribution in [0.4, 0.5) is 0 Å². The van der Waals surface area contributed by atoms with Crippen LogP contribution in [0.25, 0.3) is 0 Å². The van der Waals surface area contributed by atoms with Crippen LogP contribution in [0.3, 0.4) is 0 Å². The van der Waals surface area contributed by atoms with Gasteiger partial charge in [-0.05, 0) is 12.0 Å². The number of rotatable bonds is 2. The number of hydrogen-bond donors (Lipinski definition) is 1. The number of aliphatic carboxylic acids is 1. The van der Waals surface area contributed by atoms with Crippen LogP contribution < -0.4 is 0 Å². The predicted octanol–water partition coefficient (Wildman–Crippen LogP) is 2.24. The fourth-order valence-electron chi connectivity index (χ4n) is 1.54. The molecule has 3 heteroatoms. The van der Waals surface area contributed by atoms with E-state index in [0.29, 0.717) is 6.42 Å². The van der Waals surface area contributed by atoms with Crippen molar-refractivity contribution in [3.63, 3.8) is 0 Å². The molecule has 0 bridgehead atoms. The molecular formula is C10H9ClO2. The summed E-state index contributed by atoms with van der Waals surface area (Å²) >= 11 is 5.88. The van der Waals surface area contributed by atoms with E-state index < -0.39 is 10.8 Å². The predicted molar refractivity (Wildman–Crippen MR) is 50.0 cm³/mol. The summed E-state index contributed by atoms with van der Waals surface area (Å²) in [6, 6.07) is 9.53. The number of carbonyl (C=O) groups is 1. The second-order valence-corrected chi connectivity index (χ2v) is 4.01. The summed E-state index contributed by atoms with van der Waals surface area (Å²) < 4.78 is 0. The molecule has 0 unspecified atom stereocenters. The SMILES string of the molecule is O=C(O)[C@@]1(Cl)C[C@@H]1c1ccccc1. The molecule has 1 N–H and O–H groups in total. The zero-order valence-corrected chi connectivity index (χ0v) is 7.66. The number of carboxylic acid groups (broad SMARTS) is 1. The van der Waals surface area contributed by atoms with Crippen molar-refractivity contribution in [3.8, 4) is 0 Å². The van der Waals surface area contributed by atoms with Gasteiger partial charge >= 0.3 is 5.97 Å². The largest absolute Gasteiger partial charge is 0.480 e. The van der Waals surface area contributed by atoms with Gasteiger partial charge in [0.25, 0.3) is 0 Å². The highest BCUT2D eigenvalue weighted by Gasteiger charge is 2.60. The molecular weight excluding hydrogens is 188 g/mol. The fraction of sp³-hybridized carbons (Fsp3) is 0.300. The van der Waals surface area contributed by atoms with Gasteiger partial charge in [0, 0.05) is 5.92 Å². The number of benzene rings is 1. The first-order chi connectivity index (χ1) is 6.14. The van der Waals surface area contributed by atoms with Crippen LogP contribution in [0.5, 0.6) is 0 Å². The summed E-state index contributed by atoms with van der Waals surface area (Å²) in [6.07, 6.45) is 0.536. The van der Waals surface area contributed by atoms with Gasteiger partial charge in [-0.3, -0.25) is 4.79 Å². The van der Waals surface area contributed by atoms with Gasteiger partial charge in [-0.15, -0.1) is 11.6 Å².